The third kappa shape index (κ3) is 5.40. The van der Waals surface area contributed by atoms with E-state index in [1.165, 1.54) is 33.5 Å². The highest BCUT2D eigenvalue weighted by atomic mass is 19.1. The molecule has 0 aliphatic carbocycles. The average molecular weight is 515 g/mol. The number of guanidine groups is 1. The lowest BCUT2D eigenvalue weighted by molar-refractivity contribution is -0.153. The molecule has 2 aliphatic heterocycles. The van der Waals surface area contributed by atoms with Gasteiger partial charge >= 0.3 is 5.97 Å². The van der Waals surface area contributed by atoms with Crippen molar-refractivity contribution in [2.45, 2.75) is 13.0 Å². The summed E-state index contributed by atoms with van der Waals surface area (Å²) >= 11 is 0. The summed E-state index contributed by atoms with van der Waals surface area (Å²) in [5.41, 5.74) is 1.47. The zero-order valence-corrected chi connectivity index (χ0v) is 21.3. The van der Waals surface area contributed by atoms with E-state index in [1.54, 1.807) is 31.2 Å². The SMILES string of the molecule is CCOC(=O)C1C(=O)NC(N2CCN(c3ccc(F)cc3)CC2)=NC1c1cc(OC)c(OC)c(OC)c1. The second-order valence-electron chi connectivity index (χ2n) is 8.53. The number of piperazine rings is 1. The largest absolute Gasteiger partial charge is 0.493 e. The number of carbonyl (C=O) groups excluding carboxylic acids is 2. The van der Waals surface area contributed by atoms with Gasteiger partial charge in [0.15, 0.2) is 17.4 Å². The van der Waals surface area contributed by atoms with Gasteiger partial charge in [-0.2, -0.15) is 0 Å². The Morgan fingerprint density at radius 2 is 1.59 bits per heavy atom. The van der Waals surface area contributed by atoms with Gasteiger partial charge in [0.1, 0.15) is 11.9 Å². The fourth-order valence-corrected chi connectivity index (χ4v) is 4.57. The number of hydrogen-bond donors (Lipinski definition) is 1. The van der Waals surface area contributed by atoms with Gasteiger partial charge < -0.3 is 28.7 Å². The zero-order valence-electron chi connectivity index (χ0n) is 21.3. The molecule has 0 aromatic heterocycles. The Hall–Kier alpha value is -4.02. The van der Waals surface area contributed by atoms with Crippen LogP contribution in [0.25, 0.3) is 0 Å². The molecular weight excluding hydrogens is 483 g/mol. The molecule has 37 heavy (non-hydrogen) atoms. The average Bonchev–Trinajstić information content (AvgIpc) is 2.92. The van der Waals surface area contributed by atoms with Gasteiger partial charge in [-0.25, -0.2) is 9.38 Å². The first-order valence-corrected chi connectivity index (χ1v) is 12.0. The van der Waals surface area contributed by atoms with Crippen LogP contribution in [0.2, 0.25) is 0 Å². The second kappa shape index (κ2) is 11.4. The zero-order chi connectivity index (χ0) is 26.5. The number of hydrogen-bond acceptors (Lipinski definition) is 9. The van der Waals surface area contributed by atoms with Crippen LogP contribution in [0, 0.1) is 11.7 Å². The summed E-state index contributed by atoms with van der Waals surface area (Å²) < 4.78 is 34.9. The van der Waals surface area contributed by atoms with Crippen LogP contribution in [0.3, 0.4) is 0 Å². The third-order valence-corrected chi connectivity index (χ3v) is 6.43. The number of rotatable bonds is 7. The molecule has 0 radical (unpaired) electrons. The van der Waals surface area contributed by atoms with Crippen LogP contribution < -0.4 is 24.4 Å². The van der Waals surface area contributed by atoms with Crippen molar-refractivity contribution in [1.29, 1.82) is 0 Å². The van der Waals surface area contributed by atoms with Crippen LogP contribution in [-0.4, -0.2) is 76.9 Å². The lowest BCUT2D eigenvalue weighted by atomic mass is 9.90. The van der Waals surface area contributed by atoms with Gasteiger partial charge in [0.25, 0.3) is 0 Å². The molecule has 2 unspecified atom stereocenters. The van der Waals surface area contributed by atoms with E-state index in [1.807, 2.05) is 4.90 Å². The van der Waals surface area contributed by atoms with Crippen molar-refractivity contribution in [3.8, 4) is 17.2 Å². The first kappa shape index (κ1) is 26.1. The molecule has 1 fully saturated rings. The van der Waals surface area contributed by atoms with E-state index in [-0.39, 0.29) is 12.4 Å². The molecule has 2 aromatic carbocycles. The van der Waals surface area contributed by atoms with Gasteiger partial charge in [0.05, 0.1) is 27.9 Å². The normalized spacial score (nSPS) is 19.6. The summed E-state index contributed by atoms with van der Waals surface area (Å²) in [6.07, 6.45) is 0. The molecule has 4 rings (SSSR count). The van der Waals surface area contributed by atoms with Gasteiger partial charge in [-0.15, -0.1) is 0 Å². The number of nitrogens with one attached hydrogen (secondary N) is 1. The Morgan fingerprint density at radius 3 is 2.14 bits per heavy atom. The lowest BCUT2D eigenvalue weighted by Crippen LogP contribution is -2.57. The first-order valence-electron chi connectivity index (χ1n) is 12.0. The highest BCUT2D eigenvalue weighted by Gasteiger charge is 2.43. The molecule has 2 heterocycles. The number of aliphatic imine (C=N–C) groups is 1. The van der Waals surface area contributed by atoms with Crippen LogP contribution in [0.5, 0.6) is 17.2 Å². The van der Waals surface area contributed by atoms with E-state index in [0.29, 0.717) is 55.0 Å². The summed E-state index contributed by atoms with van der Waals surface area (Å²) in [5.74, 6) is -1.09. The Balaban J connectivity index is 1.65. The van der Waals surface area contributed by atoms with Crippen LogP contribution in [0.15, 0.2) is 41.4 Å². The molecule has 0 saturated carbocycles. The predicted octanol–water partition coefficient (Wildman–Crippen LogP) is 2.38. The van der Waals surface area contributed by atoms with Gasteiger partial charge in [0, 0.05) is 31.9 Å². The van der Waals surface area contributed by atoms with E-state index in [0.717, 1.165) is 5.69 Å². The minimum absolute atomic E-state index is 0.131. The summed E-state index contributed by atoms with van der Waals surface area (Å²) in [6, 6.07) is 8.86. The molecule has 2 aromatic rings. The molecule has 0 spiro atoms. The summed E-state index contributed by atoms with van der Waals surface area (Å²) in [4.78, 5) is 35.0. The topological polar surface area (TPSA) is 102 Å². The molecule has 2 atom stereocenters. The van der Waals surface area contributed by atoms with E-state index in [2.05, 4.69) is 10.2 Å². The van der Waals surface area contributed by atoms with Gasteiger partial charge in [0.2, 0.25) is 17.6 Å². The quantitative estimate of drug-likeness (QED) is 0.444. The molecule has 1 N–H and O–H groups in total. The lowest BCUT2D eigenvalue weighted by Gasteiger charge is -2.39. The van der Waals surface area contributed by atoms with Crippen LogP contribution >= 0.6 is 0 Å². The maximum absolute atomic E-state index is 13.3. The first-order chi connectivity index (χ1) is 17.9. The minimum Gasteiger partial charge on any atom is -0.493 e. The molecule has 1 amide bonds. The summed E-state index contributed by atoms with van der Waals surface area (Å²) in [5, 5.41) is 2.80. The van der Waals surface area contributed by atoms with Crippen molar-refractivity contribution in [1.82, 2.24) is 10.2 Å². The summed E-state index contributed by atoms with van der Waals surface area (Å²) in [6.45, 7) is 4.26. The Labute approximate surface area is 214 Å². The smallest absolute Gasteiger partial charge is 0.321 e. The number of nitrogens with zero attached hydrogens (tertiary/aromatic N) is 3. The predicted molar refractivity (Wildman–Crippen MR) is 135 cm³/mol. The number of benzene rings is 2. The van der Waals surface area contributed by atoms with E-state index < -0.39 is 23.8 Å². The number of amides is 1. The number of esters is 1. The Kier molecular flexibility index (Phi) is 8.00. The summed E-state index contributed by atoms with van der Waals surface area (Å²) in [7, 11) is 4.48. The van der Waals surface area contributed by atoms with Crippen LogP contribution in [0.1, 0.15) is 18.5 Å². The number of ether oxygens (including phenoxy) is 4. The van der Waals surface area contributed by atoms with Gasteiger partial charge in [-0.1, -0.05) is 0 Å². The van der Waals surface area contributed by atoms with Gasteiger partial charge in [-0.05, 0) is 48.9 Å². The van der Waals surface area contributed by atoms with Crippen molar-refractivity contribution in [2.75, 3.05) is 59.0 Å². The Morgan fingerprint density at radius 1 is 1.00 bits per heavy atom. The fraction of sp³-hybridized carbons (Fsp3) is 0.423. The van der Waals surface area contributed by atoms with Gasteiger partial charge in [-0.3, -0.25) is 14.9 Å². The maximum atomic E-state index is 13.3. The monoisotopic (exact) mass is 514 g/mol. The van der Waals surface area contributed by atoms with Crippen LogP contribution in [0.4, 0.5) is 10.1 Å². The standard InChI is InChI=1S/C26H31FN4O6/c1-5-37-25(33)21-22(16-14-19(34-2)23(36-4)20(15-16)35-3)28-26(29-24(21)32)31-12-10-30(11-13-31)18-8-6-17(27)7-9-18/h6-9,14-15,21-22H,5,10-13H2,1-4H3,(H,28,29,32). The molecule has 2 aliphatic rings. The minimum atomic E-state index is -1.19. The van der Waals surface area contributed by atoms with E-state index in [9.17, 15) is 14.0 Å². The molecular formula is C26H31FN4O6. The van der Waals surface area contributed by atoms with E-state index in [4.69, 9.17) is 23.9 Å². The van der Waals surface area contributed by atoms with E-state index >= 15 is 0 Å². The molecule has 1 saturated heterocycles. The van der Waals surface area contributed by atoms with Crippen molar-refractivity contribution in [3.05, 3.63) is 47.8 Å². The second-order valence-corrected chi connectivity index (χ2v) is 8.53. The van der Waals surface area contributed by atoms with Crippen molar-refractivity contribution < 1.29 is 32.9 Å². The molecule has 11 heteroatoms. The number of anilines is 1. The number of methoxy groups -OCH3 is 3. The number of carbonyl (C=O) groups is 2. The number of halogens is 1. The van der Waals surface area contributed by atoms with Crippen molar-refractivity contribution in [3.63, 3.8) is 0 Å². The molecule has 198 valence electrons. The highest BCUT2D eigenvalue weighted by Crippen LogP contribution is 2.42. The molecule has 10 nitrogen and oxygen atoms in total. The Bertz CT molecular complexity index is 1140. The van der Waals surface area contributed by atoms with Crippen molar-refractivity contribution >= 4 is 23.5 Å². The highest BCUT2D eigenvalue weighted by molar-refractivity contribution is 6.08. The van der Waals surface area contributed by atoms with Crippen molar-refractivity contribution in [2.24, 2.45) is 10.9 Å². The fourth-order valence-electron chi connectivity index (χ4n) is 4.57. The van der Waals surface area contributed by atoms with Crippen LogP contribution in [-0.2, 0) is 14.3 Å². The molecule has 0 bridgehead atoms. The maximum Gasteiger partial charge on any atom is 0.321 e. The third-order valence-electron chi connectivity index (χ3n) is 6.43.